The molecule has 28 heavy (non-hydrogen) atoms. The molecule has 5 atom stereocenters. The summed E-state index contributed by atoms with van der Waals surface area (Å²) in [6.07, 6.45) is -2.67. The molecule has 0 aliphatic carbocycles. The van der Waals surface area contributed by atoms with Crippen LogP contribution in [0.15, 0.2) is 0 Å². The van der Waals surface area contributed by atoms with Gasteiger partial charge in [0.2, 0.25) is 0 Å². The molecule has 1 aliphatic heterocycles. The van der Waals surface area contributed by atoms with Crippen molar-refractivity contribution < 1.29 is 32.3 Å². The van der Waals surface area contributed by atoms with Gasteiger partial charge < -0.3 is 27.5 Å². The van der Waals surface area contributed by atoms with Crippen molar-refractivity contribution in [1.29, 1.82) is 0 Å². The van der Waals surface area contributed by atoms with Crippen LogP contribution in [0, 0.1) is 0 Å². The molecule has 0 spiro atoms. The maximum Gasteiger partial charge on any atom is 0.303 e. The van der Waals surface area contributed by atoms with Crippen LogP contribution in [0.4, 0.5) is 0 Å². The molecular weight excluding hydrogens is 412 g/mol. The highest BCUT2D eigenvalue weighted by molar-refractivity contribution is 6.70. The number of methoxy groups -OCH3 is 1. The molecule has 166 valence electrons. The quantitative estimate of drug-likeness (QED) is 0.391. The van der Waals surface area contributed by atoms with Crippen LogP contribution in [-0.4, -0.2) is 75.3 Å². The van der Waals surface area contributed by atoms with Crippen LogP contribution in [0.2, 0.25) is 58.9 Å². The zero-order valence-electron chi connectivity index (χ0n) is 19.5. The number of carbonyl (C=O) groups is 1. The molecule has 1 heterocycles. The molecule has 1 fully saturated rings. The first-order valence-corrected chi connectivity index (χ1v) is 20.1. The molecule has 0 aromatic carbocycles. The molecule has 0 saturated carbocycles. The van der Waals surface area contributed by atoms with Gasteiger partial charge in [-0.3, -0.25) is 4.79 Å². The summed E-state index contributed by atoms with van der Waals surface area (Å²) in [5, 5.41) is 0. The van der Waals surface area contributed by atoms with Gasteiger partial charge in [0.1, 0.15) is 18.3 Å². The van der Waals surface area contributed by atoms with E-state index in [1.54, 1.807) is 7.11 Å². The lowest BCUT2D eigenvalue weighted by atomic mass is 9.99. The first-order valence-electron chi connectivity index (χ1n) is 9.87. The molecule has 0 aromatic rings. The predicted octanol–water partition coefficient (Wildman–Crippen LogP) is 3.58. The van der Waals surface area contributed by atoms with Crippen molar-refractivity contribution in [2.45, 2.75) is 96.6 Å². The number of ether oxygens (including phenoxy) is 3. The van der Waals surface area contributed by atoms with Crippen molar-refractivity contribution in [1.82, 2.24) is 0 Å². The van der Waals surface area contributed by atoms with Crippen LogP contribution in [0.5, 0.6) is 0 Å². The van der Waals surface area contributed by atoms with E-state index in [1.165, 1.54) is 6.92 Å². The van der Waals surface area contributed by atoms with Crippen molar-refractivity contribution in [3.63, 3.8) is 0 Å². The topological polar surface area (TPSA) is 72.5 Å². The zero-order chi connectivity index (χ0) is 21.9. The van der Waals surface area contributed by atoms with E-state index in [-0.39, 0.29) is 6.10 Å². The fourth-order valence-electron chi connectivity index (χ4n) is 2.94. The normalized spacial score (nSPS) is 29.6. The van der Waals surface area contributed by atoms with Gasteiger partial charge in [-0.05, 0) is 58.9 Å². The van der Waals surface area contributed by atoms with Gasteiger partial charge in [-0.2, -0.15) is 0 Å². The summed E-state index contributed by atoms with van der Waals surface area (Å²) in [6.45, 7) is 20.9. The Hall–Kier alpha value is -0.0794. The van der Waals surface area contributed by atoms with Crippen molar-refractivity contribution >= 4 is 30.9 Å². The van der Waals surface area contributed by atoms with E-state index in [0.717, 1.165) is 0 Å². The molecule has 7 nitrogen and oxygen atoms in total. The lowest BCUT2D eigenvalue weighted by Gasteiger charge is -2.48. The predicted molar refractivity (Wildman–Crippen MR) is 117 cm³/mol. The monoisotopic (exact) mass is 452 g/mol. The minimum atomic E-state index is -1.99. The molecule has 0 aromatic heterocycles. The van der Waals surface area contributed by atoms with Crippen LogP contribution in [0.1, 0.15) is 6.92 Å². The van der Waals surface area contributed by atoms with Crippen molar-refractivity contribution in [3.8, 4) is 0 Å². The van der Waals surface area contributed by atoms with Gasteiger partial charge in [0.05, 0.1) is 6.61 Å². The number of rotatable bonds is 9. The molecule has 0 amide bonds. The van der Waals surface area contributed by atoms with Gasteiger partial charge in [0, 0.05) is 14.0 Å². The SMILES string of the molecule is COC1OC(CO[Si](C)(C)C)C(O[Si](C)(C)C)C(O[Si](C)(C)C)C1OC(C)=O. The van der Waals surface area contributed by atoms with Crippen LogP contribution < -0.4 is 0 Å². The Morgan fingerprint density at radius 1 is 0.821 bits per heavy atom. The minimum Gasteiger partial charge on any atom is -0.454 e. The summed E-state index contributed by atoms with van der Waals surface area (Å²) in [5.41, 5.74) is 0. The number of hydrogen-bond donors (Lipinski definition) is 0. The summed E-state index contributed by atoms with van der Waals surface area (Å²) in [6, 6.07) is 0. The molecule has 1 rings (SSSR count). The van der Waals surface area contributed by atoms with Crippen molar-refractivity contribution in [2.24, 2.45) is 0 Å². The maximum atomic E-state index is 11.8. The fraction of sp³-hybridized carbons (Fsp3) is 0.944. The largest absolute Gasteiger partial charge is 0.454 e. The third-order valence-corrected chi connectivity index (χ3v) is 6.78. The Kier molecular flexibility index (Phi) is 9.10. The minimum absolute atomic E-state index is 0.364. The third kappa shape index (κ3) is 9.16. The highest BCUT2D eigenvalue weighted by Crippen LogP contribution is 2.33. The molecule has 0 radical (unpaired) electrons. The first-order chi connectivity index (χ1) is 12.5. The Labute approximate surface area is 173 Å². The molecule has 1 saturated heterocycles. The van der Waals surface area contributed by atoms with Crippen LogP contribution in [0.3, 0.4) is 0 Å². The molecule has 10 heteroatoms. The van der Waals surface area contributed by atoms with Crippen molar-refractivity contribution in [2.75, 3.05) is 13.7 Å². The van der Waals surface area contributed by atoms with E-state index < -0.39 is 55.5 Å². The lowest BCUT2D eigenvalue weighted by Crippen LogP contribution is -2.65. The van der Waals surface area contributed by atoms with Crippen molar-refractivity contribution in [3.05, 3.63) is 0 Å². The Balaban J connectivity index is 3.30. The Morgan fingerprint density at radius 2 is 1.32 bits per heavy atom. The molecular formula is C18H40O7Si3. The van der Waals surface area contributed by atoms with Crippen LogP contribution in [0.25, 0.3) is 0 Å². The van der Waals surface area contributed by atoms with Gasteiger partial charge in [0.25, 0.3) is 0 Å². The second-order valence-electron chi connectivity index (χ2n) is 10.2. The van der Waals surface area contributed by atoms with Crippen LogP contribution in [-0.2, 0) is 32.3 Å². The second-order valence-corrected chi connectivity index (χ2v) is 23.6. The number of carbonyl (C=O) groups excluding carboxylic acids is 1. The van der Waals surface area contributed by atoms with Gasteiger partial charge in [-0.1, -0.05) is 0 Å². The Bertz CT molecular complexity index is 511. The van der Waals surface area contributed by atoms with E-state index >= 15 is 0 Å². The van der Waals surface area contributed by atoms with Gasteiger partial charge in [0.15, 0.2) is 37.3 Å². The lowest BCUT2D eigenvalue weighted by molar-refractivity contribution is -0.291. The molecule has 1 aliphatic rings. The van der Waals surface area contributed by atoms with E-state index in [0.29, 0.717) is 6.61 Å². The van der Waals surface area contributed by atoms with E-state index in [1.807, 2.05) is 0 Å². The fourth-order valence-corrected chi connectivity index (χ4v) is 5.80. The van der Waals surface area contributed by atoms with Crippen LogP contribution >= 0.6 is 0 Å². The summed E-state index contributed by atoms with van der Waals surface area (Å²) in [4.78, 5) is 11.8. The van der Waals surface area contributed by atoms with Gasteiger partial charge in [-0.15, -0.1) is 0 Å². The molecule has 5 unspecified atom stereocenters. The summed E-state index contributed by atoms with van der Waals surface area (Å²) >= 11 is 0. The number of esters is 1. The third-order valence-electron chi connectivity index (χ3n) is 3.79. The summed E-state index contributed by atoms with van der Waals surface area (Å²) < 4.78 is 36.5. The average Bonchev–Trinajstić information content (AvgIpc) is 2.45. The summed E-state index contributed by atoms with van der Waals surface area (Å²) in [5.74, 6) is -0.400. The van der Waals surface area contributed by atoms with E-state index in [9.17, 15) is 4.79 Å². The molecule has 0 N–H and O–H groups in total. The maximum absolute atomic E-state index is 11.8. The highest BCUT2D eigenvalue weighted by atomic mass is 28.4. The second kappa shape index (κ2) is 9.82. The zero-order valence-corrected chi connectivity index (χ0v) is 22.5. The smallest absolute Gasteiger partial charge is 0.303 e. The first kappa shape index (κ1) is 26.0. The molecule has 0 bridgehead atoms. The van der Waals surface area contributed by atoms with Gasteiger partial charge >= 0.3 is 5.97 Å². The average molecular weight is 453 g/mol. The van der Waals surface area contributed by atoms with Gasteiger partial charge in [-0.25, -0.2) is 0 Å². The highest BCUT2D eigenvalue weighted by Gasteiger charge is 2.52. The summed E-state index contributed by atoms with van der Waals surface area (Å²) in [7, 11) is -4.15. The standard InChI is InChI=1S/C18H40O7Si3/c1-13(19)22-17-16(25-28(9,10)11)15(24-27(6,7)8)14(23-18(17)20-2)12-21-26(3,4)5/h14-18H,12H2,1-11H3. The van der Waals surface area contributed by atoms with E-state index in [2.05, 4.69) is 58.9 Å². The Morgan fingerprint density at radius 3 is 1.71 bits per heavy atom. The number of hydrogen-bond acceptors (Lipinski definition) is 7. The van der Waals surface area contributed by atoms with E-state index in [4.69, 9.17) is 27.5 Å².